The molecule has 2 aliphatic heterocycles. The average molecular weight is 140 g/mol. The summed E-state index contributed by atoms with van der Waals surface area (Å²) < 4.78 is 0. The van der Waals surface area contributed by atoms with Crippen LogP contribution in [0, 0.1) is 0 Å². The van der Waals surface area contributed by atoms with E-state index in [1.165, 1.54) is 6.42 Å². The molecule has 2 fully saturated rings. The lowest BCUT2D eigenvalue weighted by Crippen LogP contribution is -2.51. The molecular weight excluding hydrogens is 128 g/mol. The third-order valence-corrected chi connectivity index (χ3v) is 2.36. The topological polar surface area (TPSA) is 32.3 Å². The van der Waals surface area contributed by atoms with Crippen molar-refractivity contribution in [3.05, 3.63) is 0 Å². The van der Waals surface area contributed by atoms with Crippen LogP contribution in [0.4, 0.5) is 0 Å². The minimum absolute atomic E-state index is 0.216. The quantitative estimate of drug-likeness (QED) is 0.495. The van der Waals surface area contributed by atoms with Crippen LogP contribution in [0.3, 0.4) is 0 Å². The van der Waals surface area contributed by atoms with E-state index in [-0.39, 0.29) is 11.9 Å². The van der Waals surface area contributed by atoms with Crippen LogP contribution in [0.15, 0.2) is 0 Å². The second-order valence-electron chi connectivity index (χ2n) is 2.99. The highest BCUT2D eigenvalue weighted by atomic mass is 16.2. The molecule has 2 rings (SSSR count). The molecule has 1 amide bonds. The Hall–Kier alpha value is -0.570. The van der Waals surface area contributed by atoms with Gasteiger partial charge in [0, 0.05) is 13.1 Å². The van der Waals surface area contributed by atoms with Crippen molar-refractivity contribution in [3.63, 3.8) is 0 Å². The third kappa shape index (κ3) is 0.814. The fraction of sp³-hybridized carbons (Fsp3) is 0.857. The summed E-state index contributed by atoms with van der Waals surface area (Å²) in [5.74, 6) is 0.240. The molecule has 3 nitrogen and oxygen atoms in total. The van der Waals surface area contributed by atoms with Crippen LogP contribution in [0.25, 0.3) is 0 Å². The number of rotatable bonds is 0. The minimum Gasteiger partial charge on any atom is -0.353 e. The monoisotopic (exact) mass is 140 g/mol. The van der Waals surface area contributed by atoms with Crippen LogP contribution >= 0.6 is 0 Å². The van der Waals surface area contributed by atoms with Crippen molar-refractivity contribution in [2.45, 2.75) is 18.9 Å². The van der Waals surface area contributed by atoms with Crippen LogP contribution in [-0.2, 0) is 4.79 Å². The molecule has 0 aromatic heterocycles. The summed E-state index contributed by atoms with van der Waals surface area (Å²) in [6.07, 6.45) is 2.25. The molecule has 0 spiro atoms. The Bertz CT molecular complexity index is 158. The molecule has 56 valence electrons. The summed E-state index contributed by atoms with van der Waals surface area (Å²) in [7, 11) is 0. The van der Waals surface area contributed by atoms with Gasteiger partial charge in [0.15, 0.2) is 0 Å². The van der Waals surface area contributed by atoms with E-state index in [4.69, 9.17) is 0 Å². The number of nitrogens with zero attached hydrogens (tertiary/aromatic N) is 1. The van der Waals surface area contributed by atoms with Gasteiger partial charge in [0.25, 0.3) is 0 Å². The van der Waals surface area contributed by atoms with E-state index in [0.29, 0.717) is 0 Å². The largest absolute Gasteiger partial charge is 0.353 e. The second kappa shape index (κ2) is 2.23. The zero-order chi connectivity index (χ0) is 6.97. The van der Waals surface area contributed by atoms with Gasteiger partial charge in [0.05, 0.1) is 6.04 Å². The van der Waals surface area contributed by atoms with Gasteiger partial charge in [-0.2, -0.15) is 0 Å². The molecule has 0 bridgehead atoms. The van der Waals surface area contributed by atoms with Crippen LogP contribution in [-0.4, -0.2) is 36.5 Å². The first-order valence-corrected chi connectivity index (χ1v) is 3.90. The number of nitrogens with one attached hydrogen (secondary N) is 1. The van der Waals surface area contributed by atoms with E-state index in [1.54, 1.807) is 0 Å². The summed E-state index contributed by atoms with van der Waals surface area (Å²) in [5, 5.41) is 2.87. The van der Waals surface area contributed by atoms with Crippen LogP contribution in [0.2, 0.25) is 0 Å². The lowest BCUT2D eigenvalue weighted by molar-refractivity contribution is -0.127. The van der Waals surface area contributed by atoms with Gasteiger partial charge in [-0.25, -0.2) is 0 Å². The lowest BCUT2D eigenvalue weighted by atomic mass is 10.2. The first kappa shape index (κ1) is 6.16. The standard InChI is InChI=1S/C7H12N2O/c10-7-6-2-1-4-9(6)5-3-8-7/h6H,1-5H2,(H,8,10)/t6-/m0/s1. The Labute approximate surface area is 60.4 Å². The first-order chi connectivity index (χ1) is 4.88. The number of amides is 1. The number of hydrogen-bond acceptors (Lipinski definition) is 2. The zero-order valence-corrected chi connectivity index (χ0v) is 5.97. The highest BCUT2D eigenvalue weighted by Crippen LogP contribution is 2.18. The molecule has 0 aromatic carbocycles. The number of piperazine rings is 1. The number of carbonyl (C=O) groups excluding carboxylic acids is 1. The summed E-state index contributed by atoms with van der Waals surface area (Å²) in [5.41, 5.74) is 0. The Morgan fingerprint density at radius 1 is 1.50 bits per heavy atom. The average Bonchev–Trinajstić information content (AvgIpc) is 2.36. The van der Waals surface area contributed by atoms with E-state index >= 15 is 0 Å². The number of fused-ring (bicyclic) bond motifs is 1. The molecule has 10 heavy (non-hydrogen) atoms. The van der Waals surface area contributed by atoms with Crippen molar-refractivity contribution in [2.75, 3.05) is 19.6 Å². The molecule has 1 N–H and O–H groups in total. The van der Waals surface area contributed by atoms with Crippen LogP contribution in [0.1, 0.15) is 12.8 Å². The van der Waals surface area contributed by atoms with Gasteiger partial charge in [-0.1, -0.05) is 0 Å². The minimum atomic E-state index is 0.216. The maximum Gasteiger partial charge on any atom is 0.237 e. The van der Waals surface area contributed by atoms with Gasteiger partial charge in [-0.05, 0) is 19.4 Å². The third-order valence-electron chi connectivity index (χ3n) is 2.36. The fourth-order valence-corrected chi connectivity index (χ4v) is 1.83. The predicted molar refractivity (Wildman–Crippen MR) is 37.6 cm³/mol. The molecule has 0 aromatic rings. The van der Waals surface area contributed by atoms with E-state index < -0.39 is 0 Å². The van der Waals surface area contributed by atoms with Gasteiger partial charge in [-0.15, -0.1) is 0 Å². The SMILES string of the molecule is O=C1NCCN2CCC[C@@H]12. The summed E-state index contributed by atoms with van der Waals surface area (Å²) in [6.45, 7) is 3.02. The number of carbonyl (C=O) groups is 1. The molecule has 0 saturated carbocycles. The zero-order valence-electron chi connectivity index (χ0n) is 5.97. The maximum atomic E-state index is 11.1. The molecule has 0 radical (unpaired) electrons. The van der Waals surface area contributed by atoms with Crippen molar-refractivity contribution in [1.82, 2.24) is 10.2 Å². The van der Waals surface area contributed by atoms with E-state index in [0.717, 1.165) is 26.1 Å². The Kier molecular flexibility index (Phi) is 1.38. The Morgan fingerprint density at radius 3 is 3.20 bits per heavy atom. The van der Waals surface area contributed by atoms with Gasteiger partial charge < -0.3 is 5.32 Å². The fourth-order valence-electron chi connectivity index (χ4n) is 1.83. The smallest absolute Gasteiger partial charge is 0.237 e. The first-order valence-electron chi connectivity index (χ1n) is 3.90. The molecule has 3 heteroatoms. The van der Waals surface area contributed by atoms with Crippen molar-refractivity contribution < 1.29 is 4.79 Å². The Balaban J connectivity index is 2.10. The summed E-state index contributed by atoms with van der Waals surface area (Å²) >= 11 is 0. The van der Waals surface area contributed by atoms with Crippen molar-refractivity contribution >= 4 is 5.91 Å². The highest BCUT2D eigenvalue weighted by molar-refractivity contribution is 5.82. The van der Waals surface area contributed by atoms with Crippen molar-refractivity contribution in [3.8, 4) is 0 Å². The molecular formula is C7H12N2O. The molecule has 2 saturated heterocycles. The molecule has 0 aliphatic carbocycles. The normalized spacial score (nSPS) is 33.6. The second-order valence-corrected chi connectivity index (χ2v) is 2.99. The van der Waals surface area contributed by atoms with E-state index in [2.05, 4.69) is 10.2 Å². The maximum absolute atomic E-state index is 11.1. The van der Waals surface area contributed by atoms with Gasteiger partial charge >= 0.3 is 0 Å². The van der Waals surface area contributed by atoms with Gasteiger partial charge in [-0.3, -0.25) is 9.69 Å². The van der Waals surface area contributed by atoms with Crippen LogP contribution in [0.5, 0.6) is 0 Å². The lowest BCUT2D eigenvalue weighted by Gasteiger charge is -2.28. The van der Waals surface area contributed by atoms with E-state index in [9.17, 15) is 4.79 Å². The van der Waals surface area contributed by atoms with Crippen molar-refractivity contribution in [2.24, 2.45) is 0 Å². The van der Waals surface area contributed by atoms with Gasteiger partial charge in [0.2, 0.25) is 5.91 Å². The molecule has 2 aliphatic rings. The number of hydrogen-bond donors (Lipinski definition) is 1. The summed E-state index contributed by atoms with van der Waals surface area (Å²) in [4.78, 5) is 13.4. The van der Waals surface area contributed by atoms with Crippen LogP contribution < -0.4 is 5.32 Å². The summed E-state index contributed by atoms with van der Waals surface area (Å²) in [6, 6.07) is 0.216. The Morgan fingerprint density at radius 2 is 2.40 bits per heavy atom. The van der Waals surface area contributed by atoms with E-state index in [1.807, 2.05) is 0 Å². The predicted octanol–water partition coefficient (Wildman–Crippen LogP) is -0.419. The van der Waals surface area contributed by atoms with Gasteiger partial charge in [0.1, 0.15) is 0 Å². The molecule has 2 heterocycles. The molecule has 0 unspecified atom stereocenters. The highest BCUT2D eigenvalue weighted by Gasteiger charge is 2.32. The van der Waals surface area contributed by atoms with Crippen molar-refractivity contribution in [1.29, 1.82) is 0 Å². The molecule has 1 atom stereocenters.